The quantitative estimate of drug-likeness (QED) is 0.570. The summed E-state index contributed by atoms with van der Waals surface area (Å²) in [5.74, 6) is -1.02. The second kappa shape index (κ2) is 8.76. The van der Waals surface area contributed by atoms with E-state index in [1.165, 1.54) is 12.3 Å². The van der Waals surface area contributed by atoms with E-state index in [-0.39, 0.29) is 22.5 Å². The summed E-state index contributed by atoms with van der Waals surface area (Å²) in [6, 6.07) is 1.47. The fourth-order valence-electron chi connectivity index (χ4n) is 1.60. The van der Waals surface area contributed by atoms with Crippen molar-refractivity contribution in [2.45, 2.75) is 32.1 Å². The largest absolute Gasteiger partial charge is 0.481 e. The Morgan fingerprint density at radius 2 is 1.90 bits per heavy atom. The molecule has 110 valence electrons. The monoisotopic (exact) mass is 318 g/mol. The average Bonchev–Trinajstić information content (AvgIpc) is 2.40. The third kappa shape index (κ3) is 6.21. The molecule has 0 saturated heterocycles. The van der Waals surface area contributed by atoms with E-state index in [0.29, 0.717) is 18.5 Å². The Morgan fingerprint density at radius 3 is 2.55 bits per heavy atom. The molecule has 0 saturated carbocycles. The predicted octanol–water partition coefficient (Wildman–Crippen LogP) is 3.15. The third-order valence-electron chi connectivity index (χ3n) is 2.66. The van der Waals surface area contributed by atoms with Gasteiger partial charge in [-0.2, -0.15) is 0 Å². The Hall–Kier alpha value is -1.33. The van der Waals surface area contributed by atoms with Crippen LogP contribution in [0.5, 0.6) is 0 Å². The first-order valence-electron chi connectivity index (χ1n) is 6.31. The number of nitrogens with zero attached hydrogens (tertiary/aromatic N) is 1. The third-order valence-corrected chi connectivity index (χ3v) is 3.35. The molecule has 5 nitrogen and oxygen atoms in total. The maximum atomic E-state index is 11.8. The highest BCUT2D eigenvalue weighted by molar-refractivity contribution is 6.41. The van der Waals surface area contributed by atoms with Crippen LogP contribution in [0, 0.1) is 0 Å². The van der Waals surface area contributed by atoms with Gasteiger partial charge in [0, 0.05) is 19.2 Å². The van der Waals surface area contributed by atoms with Crippen molar-refractivity contribution in [2.75, 3.05) is 6.54 Å². The number of rotatable bonds is 8. The minimum Gasteiger partial charge on any atom is -0.481 e. The molecule has 0 aliphatic rings. The molecular weight excluding hydrogens is 303 g/mol. The van der Waals surface area contributed by atoms with Crippen LogP contribution in [0.25, 0.3) is 0 Å². The van der Waals surface area contributed by atoms with E-state index >= 15 is 0 Å². The van der Waals surface area contributed by atoms with Crippen molar-refractivity contribution in [1.29, 1.82) is 0 Å². The van der Waals surface area contributed by atoms with Crippen LogP contribution in [0.15, 0.2) is 12.3 Å². The first-order chi connectivity index (χ1) is 9.50. The van der Waals surface area contributed by atoms with E-state index < -0.39 is 5.97 Å². The number of carbonyl (C=O) groups is 2. The van der Waals surface area contributed by atoms with Crippen LogP contribution in [0.3, 0.4) is 0 Å². The number of hydrogen-bond acceptors (Lipinski definition) is 3. The highest BCUT2D eigenvalue weighted by Crippen LogP contribution is 2.19. The summed E-state index contributed by atoms with van der Waals surface area (Å²) in [6.45, 7) is 0.534. The van der Waals surface area contributed by atoms with Gasteiger partial charge in [-0.05, 0) is 18.9 Å². The van der Waals surface area contributed by atoms with Crippen molar-refractivity contribution in [2.24, 2.45) is 0 Å². The number of carbonyl (C=O) groups excluding carboxylic acids is 1. The second-order valence-corrected chi connectivity index (χ2v) is 5.08. The summed E-state index contributed by atoms with van der Waals surface area (Å²) in [4.78, 5) is 25.9. The van der Waals surface area contributed by atoms with Gasteiger partial charge in [0.1, 0.15) is 5.15 Å². The van der Waals surface area contributed by atoms with Crippen molar-refractivity contribution in [3.05, 3.63) is 28.0 Å². The molecule has 0 aliphatic heterocycles. The Kier molecular flexibility index (Phi) is 7.33. The second-order valence-electron chi connectivity index (χ2n) is 4.31. The zero-order valence-corrected chi connectivity index (χ0v) is 12.4. The molecule has 20 heavy (non-hydrogen) atoms. The van der Waals surface area contributed by atoms with Crippen LogP contribution in [0.4, 0.5) is 0 Å². The summed E-state index contributed by atoms with van der Waals surface area (Å²) >= 11 is 11.4. The first-order valence-corrected chi connectivity index (χ1v) is 7.07. The summed E-state index contributed by atoms with van der Waals surface area (Å²) < 4.78 is 0. The fraction of sp³-hybridized carbons (Fsp3) is 0.462. The Bertz CT molecular complexity index is 481. The van der Waals surface area contributed by atoms with Crippen molar-refractivity contribution >= 4 is 35.1 Å². The van der Waals surface area contributed by atoms with Gasteiger partial charge in [0.15, 0.2) is 0 Å². The number of pyridine rings is 1. The minimum atomic E-state index is -0.773. The van der Waals surface area contributed by atoms with Crippen LogP contribution >= 0.6 is 23.2 Å². The topological polar surface area (TPSA) is 79.3 Å². The summed E-state index contributed by atoms with van der Waals surface area (Å²) in [6.07, 6.45) is 4.77. The number of aliphatic carboxylic acids is 1. The Labute approximate surface area is 127 Å². The van der Waals surface area contributed by atoms with E-state index in [9.17, 15) is 9.59 Å². The normalized spacial score (nSPS) is 10.3. The van der Waals surface area contributed by atoms with Gasteiger partial charge in [0.05, 0.1) is 10.6 Å². The number of amides is 1. The Morgan fingerprint density at radius 1 is 1.20 bits per heavy atom. The molecule has 0 unspecified atom stereocenters. The molecule has 0 spiro atoms. The lowest BCUT2D eigenvalue weighted by molar-refractivity contribution is -0.137. The average molecular weight is 319 g/mol. The number of nitrogens with one attached hydrogen (secondary N) is 1. The smallest absolute Gasteiger partial charge is 0.303 e. The lowest BCUT2D eigenvalue weighted by Crippen LogP contribution is -2.24. The van der Waals surface area contributed by atoms with Gasteiger partial charge in [0.25, 0.3) is 5.91 Å². The lowest BCUT2D eigenvalue weighted by atomic mass is 10.1. The molecule has 1 rings (SSSR count). The summed E-state index contributed by atoms with van der Waals surface area (Å²) in [5, 5.41) is 11.6. The molecule has 0 radical (unpaired) electrons. The van der Waals surface area contributed by atoms with E-state index in [0.717, 1.165) is 19.3 Å². The van der Waals surface area contributed by atoms with E-state index in [1.54, 1.807) is 0 Å². The fourth-order valence-corrected chi connectivity index (χ4v) is 1.87. The van der Waals surface area contributed by atoms with Gasteiger partial charge in [-0.15, -0.1) is 0 Å². The molecule has 7 heteroatoms. The molecular formula is C13H16Cl2N2O3. The number of aromatic nitrogens is 1. The van der Waals surface area contributed by atoms with Crippen LogP contribution in [0.2, 0.25) is 10.2 Å². The van der Waals surface area contributed by atoms with Crippen molar-refractivity contribution in [3.8, 4) is 0 Å². The molecule has 0 atom stereocenters. The Balaban J connectivity index is 2.20. The van der Waals surface area contributed by atoms with Gasteiger partial charge in [-0.1, -0.05) is 36.0 Å². The molecule has 0 aromatic carbocycles. The number of halogens is 2. The molecule has 1 aromatic rings. The molecule has 0 fully saturated rings. The highest BCUT2D eigenvalue weighted by Gasteiger charge is 2.08. The van der Waals surface area contributed by atoms with E-state index in [1.807, 2.05) is 0 Å². The van der Waals surface area contributed by atoms with Crippen molar-refractivity contribution < 1.29 is 14.7 Å². The van der Waals surface area contributed by atoms with Crippen LogP contribution < -0.4 is 5.32 Å². The SMILES string of the molecule is O=C(O)CCCCCCNC(=O)c1cnc(Cl)c(Cl)c1. The summed E-state index contributed by atoms with van der Waals surface area (Å²) in [7, 11) is 0. The minimum absolute atomic E-state index is 0.168. The standard InChI is InChI=1S/C13H16Cl2N2O3/c14-10-7-9(8-17-12(10)15)13(20)16-6-4-2-1-3-5-11(18)19/h7-8H,1-6H2,(H,16,20)(H,18,19). The number of hydrogen-bond donors (Lipinski definition) is 2. The number of unbranched alkanes of at least 4 members (excludes halogenated alkanes) is 3. The van der Waals surface area contributed by atoms with Gasteiger partial charge in [-0.25, -0.2) is 4.98 Å². The molecule has 2 N–H and O–H groups in total. The summed E-state index contributed by atoms with van der Waals surface area (Å²) in [5.41, 5.74) is 0.366. The molecule has 0 aliphatic carbocycles. The molecule has 1 amide bonds. The van der Waals surface area contributed by atoms with Gasteiger partial charge < -0.3 is 10.4 Å². The molecule has 1 heterocycles. The zero-order chi connectivity index (χ0) is 15.0. The van der Waals surface area contributed by atoms with E-state index in [2.05, 4.69) is 10.3 Å². The lowest BCUT2D eigenvalue weighted by Gasteiger charge is -2.05. The van der Waals surface area contributed by atoms with Crippen LogP contribution in [0.1, 0.15) is 42.5 Å². The van der Waals surface area contributed by atoms with Crippen molar-refractivity contribution in [1.82, 2.24) is 10.3 Å². The van der Waals surface area contributed by atoms with Gasteiger partial charge >= 0.3 is 5.97 Å². The predicted molar refractivity (Wildman–Crippen MR) is 77.3 cm³/mol. The van der Waals surface area contributed by atoms with E-state index in [4.69, 9.17) is 28.3 Å². The van der Waals surface area contributed by atoms with Crippen molar-refractivity contribution in [3.63, 3.8) is 0 Å². The van der Waals surface area contributed by atoms with Gasteiger partial charge in [0.2, 0.25) is 0 Å². The van der Waals surface area contributed by atoms with Crippen LogP contribution in [-0.2, 0) is 4.79 Å². The van der Waals surface area contributed by atoms with Gasteiger partial charge in [-0.3, -0.25) is 9.59 Å². The van der Waals surface area contributed by atoms with Crippen LogP contribution in [-0.4, -0.2) is 28.5 Å². The maximum absolute atomic E-state index is 11.8. The maximum Gasteiger partial charge on any atom is 0.303 e. The molecule has 1 aromatic heterocycles. The number of carboxylic acid groups (broad SMARTS) is 1. The zero-order valence-electron chi connectivity index (χ0n) is 10.9. The highest BCUT2D eigenvalue weighted by atomic mass is 35.5. The first kappa shape index (κ1) is 16.7. The molecule has 0 bridgehead atoms. The number of carboxylic acids is 1.